The van der Waals surface area contributed by atoms with Crippen LogP contribution in [-0.4, -0.2) is 16.3 Å². The molecule has 0 saturated carbocycles. The number of allylic oxidation sites excluding steroid dienone is 1. The summed E-state index contributed by atoms with van der Waals surface area (Å²) in [4.78, 5) is 4.40. The highest BCUT2D eigenvalue weighted by atomic mass is 35.5. The minimum Gasteiger partial charge on any atom is -0.378 e. The van der Waals surface area contributed by atoms with Gasteiger partial charge in [0.05, 0.1) is 5.69 Å². The summed E-state index contributed by atoms with van der Waals surface area (Å²) in [5, 5.41) is 14.9. The Kier molecular flexibility index (Phi) is 5.02. The molecule has 2 atom stereocenters. The van der Waals surface area contributed by atoms with Gasteiger partial charge in [-0.1, -0.05) is 41.9 Å². The van der Waals surface area contributed by atoms with Gasteiger partial charge >= 0.3 is 0 Å². The molecule has 1 aliphatic rings. The lowest BCUT2D eigenvalue weighted by Gasteiger charge is -2.30. The SMILES string of the molecule is C=C1CCC(C(O)NCc2ccc(Cl)cc2Cl)c2cccnc21. The number of halogens is 2. The molecular weight excluding hydrogens is 331 g/mol. The maximum absolute atomic E-state index is 10.6. The molecule has 0 fully saturated rings. The van der Waals surface area contributed by atoms with Crippen LogP contribution in [0.1, 0.15) is 35.6 Å². The quantitative estimate of drug-likeness (QED) is 0.805. The van der Waals surface area contributed by atoms with Gasteiger partial charge in [0.15, 0.2) is 0 Å². The first-order chi connectivity index (χ1) is 11.1. The second-order valence-electron chi connectivity index (χ2n) is 5.75. The third-order valence-corrected chi connectivity index (χ3v) is 4.82. The maximum atomic E-state index is 10.6. The molecule has 3 rings (SSSR count). The summed E-state index contributed by atoms with van der Waals surface area (Å²) in [5.41, 5.74) is 3.90. The molecule has 1 aromatic heterocycles. The highest BCUT2D eigenvalue weighted by Crippen LogP contribution is 2.37. The van der Waals surface area contributed by atoms with E-state index >= 15 is 0 Å². The van der Waals surface area contributed by atoms with Gasteiger partial charge in [-0.05, 0) is 47.7 Å². The van der Waals surface area contributed by atoms with E-state index in [0.29, 0.717) is 16.6 Å². The maximum Gasteiger partial charge on any atom is 0.112 e. The predicted octanol–water partition coefficient (Wildman–Crippen LogP) is 4.39. The van der Waals surface area contributed by atoms with E-state index in [-0.39, 0.29) is 5.92 Å². The monoisotopic (exact) mass is 348 g/mol. The van der Waals surface area contributed by atoms with Crippen molar-refractivity contribution in [2.75, 3.05) is 0 Å². The molecule has 1 aliphatic carbocycles. The Bertz CT molecular complexity index is 733. The van der Waals surface area contributed by atoms with Crippen molar-refractivity contribution in [2.45, 2.75) is 31.5 Å². The molecule has 0 radical (unpaired) electrons. The van der Waals surface area contributed by atoms with E-state index in [9.17, 15) is 5.11 Å². The molecule has 2 N–H and O–H groups in total. The number of aliphatic hydroxyl groups excluding tert-OH is 1. The summed E-state index contributed by atoms with van der Waals surface area (Å²) < 4.78 is 0. The Balaban J connectivity index is 1.73. The number of nitrogens with one attached hydrogen (secondary N) is 1. The molecule has 0 aliphatic heterocycles. The molecule has 0 saturated heterocycles. The van der Waals surface area contributed by atoms with Gasteiger partial charge in [-0.2, -0.15) is 0 Å². The summed E-state index contributed by atoms with van der Waals surface area (Å²) in [6.07, 6.45) is 2.78. The highest BCUT2D eigenvalue weighted by Gasteiger charge is 2.28. The van der Waals surface area contributed by atoms with Gasteiger partial charge in [-0.15, -0.1) is 0 Å². The molecule has 0 spiro atoms. The molecule has 23 heavy (non-hydrogen) atoms. The summed E-state index contributed by atoms with van der Waals surface area (Å²) in [6.45, 7) is 4.54. The van der Waals surface area contributed by atoms with Crippen LogP contribution in [-0.2, 0) is 6.54 Å². The average Bonchev–Trinajstić information content (AvgIpc) is 2.54. The summed E-state index contributed by atoms with van der Waals surface area (Å²) in [5.74, 6) is -0.00437. The Morgan fingerprint density at radius 2 is 2.17 bits per heavy atom. The zero-order valence-electron chi connectivity index (χ0n) is 12.6. The molecule has 1 aromatic carbocycles. The van der Waals surface area contributed by atoms with Crippen molar-refractivity contribution in [1.29, 1.82) is 0 Å². The summed E-state index contributed by atoms with van der Waals surface area (Å²) in [6, 6.07) is 9.27. The first-order valence-electron chi connectivity index (χ1n) is 7.54. The lowest BCUT2D eigenvalue weighted by atomic mass is 9.82. The van der Waals surface area contributed by atoms with Gasteiger partial charge in [-0.25, -0.2) is 0 Å². The molecule has 2 aromatic rings. The van der Waals surface area contributed by atoms with Crippen molar-refractivity contribution in [1.82, 2.24) is 10.3 Å². The molecule has 2 unspecified atom stereocenters. The molecule has 120 valence electrons. The van der Waals surface area contributed by atoms with E-state index in [1.807, 2.05) is 18.2 Å². The van der Waals surface area contributed by atoms with Crippen LogP contribution in [0.3, 0.4) is 0 Å². The molecular formula is C18H18Cl2N2O. The van der Waals surface area contributed by atoms with Crippen LogP contribution in [0, 0.1) is 0 Å². The van der Waals surface area contributed by atoms with Gasteiger partial charge in [0.1, 0.15) is 6.23 Å². The van der Waals surface area contributed by atoms with E-state index in [1.165, 1.54) is 0 Å². The van der Waals surface area contributed by atoms with Crippen molar-refractivity contribution < 1.29 is 5.11 Å². The van der Waals surface area contributed by atoms with Crippen molar-refractivity contribution >= 4 is 28.8 Å². The van der Waals surface area contributed by atoms with E-state index in [1.54, 1.807) is 18.3 Å². The van der Waals surface area contributed by atoms with Crippen LogP contribution < -0.4 is 5.32 Å². The molecule has 1 heterocycles. The molecule has 3 nitrogen and oxygen atoms in total. The van der Waals surface area contributed by atoms with Crippen LogP contribution in [0.25, 0.3) is 5.57 Å². The third kappa shape index (κ3) is 3.59. The molecule has 0 amide bonds. The van der Waals surface area contributed by atoms with E-state index in [4.69, 9.17) is 23.2 Å². The van der Waals surface area contributed by atoms with E-state index in [0.717, 1.165) is 35.2 Å². The van der Waals surface area contributed by atoms with Crippen molar-refractivity contribution in [3.63, 3.8) is 0 Å². The van der Waals surface area contributed by atoms with Gasteiger partial charge in [-0.3, -0.25) is 10.3 Å². The first kappa shape index (κ1) is 16.5. The van der Waals surface area contributed by atoms with E-state index in [2.05, 4.69) is 16.9 Å². The number of aromatic nitrogens is 1. The third-order valence-electron chi connectivity index (χ3n) is 4.23. The predicted molar refractivity (Wildman–Crippen MR) is 94.6 cm³/mol. The number of fused-ring (bicyclic) bond motifs is 1. The minimum atomic E-state index is -0.669. The lowest BCUT2D eigenvalue weighted by Crippen LogP contribution is -2.36. The normalized spacial score (nSPS) is 18.6. The van der Waals surface area contributed by atoms with Crippen molar-refractivity contribution in [3.8, 4) is 0 Å². The largest absolute Gasteiger partial charge is 0.378 e. The van der Waals surface area contributed by atoms with Crippen molar-refractivity contribution in [3.05, 3.63) is 70.0 Å². The van der Waals surface area contributed by atoms with Gasteiger partial charge in [0, 0.05) is 28.7 Å². The van der Waals surface area contributed by atoms with Gasteiger partial charge in [0.25, 0.3) is 0 Å². The fraction of sp³-hybridized carbons (Fsp3) is 0.278. The second kappa shape index (κ2) is 7.02. The fourth-order valence-corrected chi connectivity index (χ4v) is 3.44. The number of rotatable bonds is 4. The zero-order valence-corrected chi connectivity index (χ0v) is 14.1. The van der Waals surface area contributed by atoms with Gasteiger partial charge < -0.3 is 5.11 Å². The minimum absolute atomic E-state index is 0.00437. The first-order valence-corrected chi connectivity index (χ1v) is 8.30. The number of benzene rings is 1. The van der Waals surface area contributed by atoms with Crippen LogP contribution in [0.15, 0.2) is 43.1 Å². The Morgan fingerprint density at radius 3 is 2.96 bits per heavy atom. The van der Waals surface area contributed by atoms with Crippen LogP contribution in [0.2, 0.25) is 10.0 Å². The topological polar surface area (TPSA) is 45.1 Å². The van der Waals surface area contributed by atoms with E-state index < -0.39 is 6.23 Å². The summed E-state index contributed by atoms with van der Waals surface area (Å²) >= 11 is 12.1. The van der Waals surface area contributed by atoms with Crippen LogP contribution >= 0.6 is 23.2 Å². The van der Waals surface area contributed by atoms with Crippen molar-refractivity contribution in [2.24, 2.45) is 0 Å². The standard InChI is InChI=1S/C18H18Cl2N2O/c1-11-4-7-15(14-3-2-8-21-17(11)14)18(23)22-10-12-5-6-13(19)9-16(12)20/h2-3,5-6,8-9,15,18,22-23H,1,4,7,10H2. The lowest BCUT2D eigenvalue weighted by molar-refractivity contribution is 0.101. The molecule has 5 heteroatoms. The number of hydrogen-bond acceptors (Lipinski definition) is 3. The number of hydrogen-bond donors (Lipinski definition) is 2. The number of pyridine rings is 1. The molecule has 0 bridgehead atoms. The number of aliphatic hydroxyl groups is 1. The van der Waals surface area contributed by atoms with Crippen LogP contribution in [0.4, 0.5) is 0 Å². The highest BCUT2D eigenvalue weighted by molar-refractivity contribution is 6.35. The van der Waals surface area contributed by atoms with Gasteiger partial charge in [0.2, 0.25) is 0 Å². The zero-order chi connectivity index (χ0) is 16.4. The summed E-state index contributed by atoms with van der Waals surface area (Å²) in [7, 11) is 0. The van der Waals surface area contributed by atoms with Crippen LogP contribution in [0.5, 0.6) is 0 Å². The second-order valence-corrected chi connectivity index (χ2v) is 6.60. The Hall–Kier alpha value is -1.39. The average molecular weight is 349 g/mol. The number of nitrogens with zero attached hydrogens (tertiary/aromatic N) is 1. The Labute approximate surface area is 146 Å². The fourth-order valence-electron chi connectivity index (χ4n) is 2.97. The Morgan fingerprint density at radius 1 is 1.35 bits per heavy atom. The smallest absolute Gasteiger partial charge is 0.112 e.